The van der Waals surface area contributed by atoms with Gasteiger partial charge in [-0.1, -0.05) is 41.9 Å². The van der Waals surface area contributed by atoms with E-state index in [1.165, 1.54) is 0 Å². The summed E-state index contributed by atoms with van der Waals surface area (Å²) in [5, 5.41) is 0.640. The molecule has 0 amide bonds. The Kier molecular flexibility index (Phi) is 7.60. The number of nitrogens with zero attached hydrogens (tertiary/aromatic N) is 1. The van der Waals surface area contributed by atoms with Crippen LogP contribution >= 0.6 is 11.6 Å². The van der Waals surface area contributed by atoms with E-state index < -0.39 is 18.3 Å². The fourth-order valence-electron chi connectivity index (χ4n) is 4.28. The second kappa shape index (κ2) is 10.4. The molecular formula is C29H35BClNO4. The molecule has 0 unspecified atom stereocenters. The van der Waals surface area contributed by atoms with Gasteiger partial charge in [0, 0.05) is 18.6 Å². The zero-order valence-corrected chi connectivity index (χ0v) is 23.0. The van der Waals surface area contributed by atoms with E-state index in [0.29, 0.717) is 18.1 Å². The van der Waals surface area contributed by atoms with Gasteiger partial charge in [-0.25, -0.2) is 0 Å². The Balaban J connectivity index is 1.73. The van der Waals surface area contributed by atoms with Crippen molar-refractivity contribution in [1.82, 2.24) is 0 Å². The summed E-state index contributed by atoms with van der Waals surface area (Å²) in [5.74, 6) is 1.66. The number of benzene rings is 3. The third-order valence-electron chi connectivity index (χ3n) is 7.14. The van der Waals surface area contributed by atoms with Gasteiger partial charge in [0.2, 0.25) is 0 Å². The molecule has 3 aromatic carbocycles. The molecule has 36 heavy (non-hydrogen) atoms. The first-order valence-electron chi connectivity index (χ1n) is 12.2. The minimum absolute atomic E-state index is 0.448. The van der Waals surface area contributed by atoms with Crippen molar-refractivity contribution < 1.29 is 18.8 Å². The van der Waals surface area contributed by atoms with E-state index in [4.69, 9.17) is 30.4 Å². The molecule has 0 aliphatic carbocycles. The minimum atomic E-state index is -0.537. The Bertz CT molecular complexity index is 1130. The normalized spacial score (nSPS) is 16.2. The number of anilines is 1. The fraction of sp³-hybridized carbons (Fsp3) is 0.379. The average molecular weight is 508 g/mol. The molecule has 1 heterocycles. The van der Waals surface area contributed by atoms with Crippen molar-refractivity contribution in [2.24, 2.45) is 0 Å². The van der Waals surface area contributed by atoms with Gasteiger partial charge in [0.1, 0.15) is 11.5 Å². The van der Waals surface area contributed by atoms with Crippen molar-refractivity contribution in [2.45, 2.75) is 58.9 Å². The lowest BCUT2D eigenvalue weighted by molar-refractivity contribution is 0.00578. The minimum Gasteiger partial charge on any atom is -0.497 e. The van der Waals surface area contributed by atoms with E-state index in [1.807, 2.05) is 24.3 Å². The Hall–Kier alpha value is -2.67. The third-order valence-corrected chi connectivity index (χ3v) is 7.55. The Morgan fingerprint density at radius 3 is 1.64 bits per heavy atom. The molecule has 7 heteroatoms. The number of hydrogen-bond acceptors (Lipinski definition) is 5. The van der Waals surface area contributed by atoms with Crippen molar-refractivity contribution in [2.75, 3.05) is 19.1 Å². The monoisotopic (exact) mass is 507 g/mol. The molecule has 5 nitrogen and oxygen atoms in total. The highest BCUT2D eigenvalue weighted by Crippen LogP contribution is 2.38. The standard InChI is InChI=1S/C29H35BClNO4/c1-20-16-25(30-35-28(2,3)29(4,5)36-30)27(31)26(17-20)32(18-21-8-12-23(33-6)13-9-21)19-22-10-14-24(34-7)15-11-22/h8-17H,18-19H2,1-7H3. The van der Waals surface area contributed by atoms with Crippen molar-refractivity contribution in [1.29, 1.82) is 0 Å². The van der Waals surface area contributed by atoms with Crippen LogP contribution in [0.2, 0.25) is 5.02 Å². The van der Waals surface area contributed by atoms with Gasteiger partial charge in [-0.05, 0) is 81.6 Å². The number of halogens is 1. The largest absolute Gasteiger partial charge is 0.497 e. The number of methoxy groups -OCH3 is 2. The highest BCUT2D eigenvalue weighted by Gasteiger charge is 2.52. The van der Waals surface area contributed by atoms with E-state index in [-0.39, 0.29) is 0 Å². The van der Waals surface area contributed by atoms with Crippen LogP contribution in [0.4, 0.5) is 5.69 Å². The predicted octanol–water partition coefficient (Wildman–Crippen LogP) is 6.17. The molecule has 0 bridgehead atoms. The molecule has 1 saturated heterocycles. The Morgan fingerprint density at radius 1 is 0.778 bits per heavy atom. The maximum Gasteiger partial charge on any atom is 0.496 e. The summed E-state index contributed by atoms with van der Waals surface area (Å²) in [5.41, 5.74) is 4.28. The highest BCUT2D eigenvalue weighted by molar-refractivity contribution is 6.66. The van der Waals surface area contributed by atoms with Crippen LogP contribution in [0, 0.1) is 6.92 Å². The van der Waals surface area contributed by atoms with Crippen LogP contribution < -0.4 is 19.8 Å². The summed E-state index contributed by atoms with van der Waals surface area (Å²) < 4.78 is 23.4. The summed E-state index contributed by atoms with van der Waals surface area (Å²) in [6.07, 6.45) is 0. The van der Waals surface area contributed by atoms with Crippen molar-refractivity contribution in [3.63, 3.8) is 0 Å². The van der Waals surface area contributed by atoms with Gasteiger partial charge in [-0.15, -0.1) is 0 Å². The molecule has 4 rings (SSSR count). The number of aryl methyl sites for hydroxylation is 1. The predicted molar refractivity (Wildman–Crippen MR) is 148 cm³/mol. The van der Waals surface area contributed by atoms with Gasteiger partial charge in [0.25, 0.3) is 0 Å². The molecule has 0 radical (unpaired) electrons. The van der Waals surface area contributed by atoms with Crippen molar-refractivity contribution in [3.05, 3.63) is 82.4 Å². The zero-order chi connectivity index (χ0) is 26.1. The van der Waals surface area contributed by atoms with Crippen LogP contribution in [0.25, 0.3) is 0 Å². The molecule has 0 atom stereocenters. The molecule has 1 aliphatic rings. The Labute approximate surface area is 220 Å². The maximum absolute atomic E-state index is 7.13. The van der Waals surface area contributed by atoms with Gasteiger partial charge in [-0.2, -0.15) is 0 Å². The average Bonchev–Trinajstić information content (AvgIpc) is 3.07. The maximum atomic E-state index is 7.13. The van der Waals surface area contributed by atoms with Gasteiger partial charge in [-0.3, -0.25) is 0 Å². The Morgan fingerprint density at radius 2 is 1.22 bits per heavy atom. The first kappa shape index (κ1) is 26.4. The van der Waals surface area contributed by atoms with Gasteiger partial charge < -0.3 is 23.7 Å². The molecule has 190 valence electrons. The first-order chi connectivity index (χ1) is 17.0. The quantitative estimate of drug-likeness (QED) is 0.341. The third kappa shape index (κ3) is 5.51. The van der Waals surface area contributed by atoms with Crippen LogP contribution in [0.1, 0.15) is 44.4 Å². The van der Waals surface area contributed by atoms with Gasteiger partial charge in [0.05, 0.1) is 36.1 Å². The van der Waals surface area contributed by atoms with Crippen LogP contribution in [-0.4, -0.2) is 32.5 Å². The van der Waals surface area contributed by atoms with Crippen LogP contribution in [0.15, 0.2) is 60.7 Å². The highest BCUT2D eigenvalue weighted by atomic mass is 35.5. The molecule has 0 spiro atoms. The van der Waals surface area contributed by atoms with E-state index in [0.717, 1.165) is 39.3 Å². The van der Waals surface area contributed by atoms with Gasteiger partial charge in [0.15, 0.2) is 0 Å². The van der Waals surface area contributed by atoms with Crippen LogP contribution in [0.3, 0.4) is 0 Å². The summed E-state index contributed by atoms with van der Waals surface area (Å²) in [6.45, 7) is 11.6. The van der Waals surface area contributed by atoms with E-state index in [1.54, 1.807) is 14.2 Å². The zero-order valence-electron chi connectivity index (χ0n) is 22.2. The first-order valence-corrected chi connectivity index (χ1v) is 12.6. The lowest BCUT2D eigenvalue weighted by Gasteiger charge is -2.32. The topological polar surface area (TPSA) is 40.2 Å². The number of rotatable bonds is 8. The van der Waals surface area contributed by atoms with Crippen LogP contribution in [0.5, 0.6) is 11.5 Å². The number of hydrogen-bond donors (Lipinski definition) is 0. The van der Waals surface area contributed by atoms with Crippen molar-refractivity contribution in [3.8, 4) is 11.5 Å². The van der Waals surface area contributed by atoms with Crippen LogP contribution in [-0.2, 0) is 22.4 Å². The molecule has 1 aliphatic heterocycles. The second-order valence-corrected chi connectivity index (χ2v) is 10.7. The fourth-order valence-corrected chi connectivity index (χ4v) is 4.60. The summed E-state index contributed by atoms with van der Waals surface area (Å²) in [6, 6.07) is 20.4. The molecular weight excluding hydrogens is 473 g/mol. The van der Waals surface area contributed by atoms with Gasteiger partial charge >= 0.3 is 7.12 Å². The molecule has 0 saturated carbocycles. The summed E-state index contributed by atoms with van der Waals surface area (Å²) in [7, 11) is 2.81. The van der Waals surface area contributed by atoms with E-state index in [2.05, 4.69) is 75.9 Å². The SMILES string of the molecule is COc1ccc(CN(Cc2ccc(OC)cc2)c2cc(C)cc(B3OC(C)(C)C(C)(C)O3)c2Cl)cc1. The second-order valence-electron chi connectivity index (χ2n) is 10.3. The molecule has 3 aromatic rings. The lowest BCUT2D eigenvalue weighted by atomic mass is 9.78. The molecule has 0 N–H and O–H groups in total. The summed E-state index contributed by atoms with van der Waals surface area (Å²) >= 11 is 7.13. The van der Waals surface area contributed by atoms with E-state index in [9.17, 15) is 0 Å². The van der Waals surface area contributed by atoms with E-state index >= 15 is 0 Å². The number of ether oxygens (including phenoxy) is 2. The molecule has 0 aromatic heterocycles. The lowest BCUT2D eigenvalue weighted by Crippen LogP contribution is -2.41. The molecule has 1 fully saturated rings. The smallest absolute Gasteiger partial charge is 0.496 e. The summed E-state index contributed by atoms with van der Waals surface area (Å²) in [4.78, 5) is 2.29. The van der Waals surface area contributed by atoms with Crippen molar-refractivity contribution >= 4 is 29.9 Å².